The molecule has 0 atom stereocenters. The summed E-state index contributed by atoms with van der Waals surface area (Å²) in [4.78, 5) is 13.2. The highest BCUT2D eigenvalue weighted by Gasteiger charge is 2.28. The van der Waals surface area contributed by atoms with E-state index >= 15 is 0 Å². The molecule has 1 N–H and O–H groups in total. The number of sulfonamides is 1. The van der Waals surface area contributed by atoms with E-state index in [4.69, 9.17) is 0 Å². The summed E-state index contributed by atoms with van der Waals surface area (Å²) in [5, 5.41) is 2.90. The number of rotatable bonds is 7. The van der Waals surface area contributed by atoms with E-state index in [9.17, 15) is 13.2 Å². The lowest BCUT2D eigenvalue weighted by atomic mass is 10.1. The third-order valence-corrected chi connectivity index (χ3v) is 7.16. The topological polar surface area (TPSA) is 66.5 Å². The number of carbonyl (C=O) groups is 1. The van der Waals surface area contributed by atoms with Crippen molar-refractivity contribution in [1.82, 2.24) is 4.31 Å². The summed E-state index contributed by atoms with van der Waals surface area (Å²) < 4.78 is 28.4. The van der Waals surface area contributed by atoms with Crippen LogP contribution < -0.4 is 5.32 Å². The Labute approximate surface area is 184 Å². The highest BCUT2D eigenvalue weighted by Crippen LogP contribution is 2.24. The predicted molar refractivity (Wildman–Crippen MR) is 124 cm³/mol. The van der Waals surface area contributed by atoms with Crippen molar-refractivity contribution in [2.45, 2.75) is 39.1 Å². The number of benzene rings is 3. The second-order valence-corrected chi connectivity index (χ2v) is 9.75. The van der Waals surface area contributed by atoms with Gasteiger partial charge in [-0.25, -0.2) is 8.42 Å². The van der Waals surface area contributed by atoms with E-state index in [1.54, 1.807) is 19.1 Å². The Morgan fingerprint density at radius 2 is 1.48 bits per heavy atom. The summed E-state index contributed by atoms with van der Waals surface area (Å²) in [5.41, 5.74) is 4.90. The monoisotopic (exact) mass is 436 g/mol. The predicted octanol–water partition coefficient (Wildman–Crippen LogP) is 4.75. The first-order chi connectivity index (χ1) is 14.7. The molecule has 0 bridgehead atoms. The van der Waals surface area contributed by atoms with E-state index in [0.29, 0.717) is 5.56 Å². The van der Waals surface area contributed by atoms with E-state index in [2.05, 4.69) is 5.32 Å². The highest BCUT2D eigenvalue weighted by atomic mass is 32.2. The van der Waals surface area contributed by atoms with Crippen LogP contribution in [-0.4, -0.2) is 25.2 Å². The van der Waals surface area contributed by atoms with E-state index in [-0.39, 0.29) is 23.9 Å². The molecule has 0 saturated heterocycles. The van der Waals surface area contributed by atoms with Gasteiger partial charge in [-0.15, -0.1) is 0 Å². The summed E-state index contributed by atoms with van der Waals surface area (Å²) in [6.07, 6.45) is 0. The lowest BCUT2D eigenvalue weighted by Crippen LogP contribution is -2.38. The van der Waals surface area contributed by atoms with Crippen LogP contribution in [0.5, 0.6) is 0 Å². The molecule has 0 aromatic heterocycles. The molecule has 0 aliphatic carbocycles. The second kappa shape index (κ2) is 9.45. The van der Waals surface area contributed by atoms with Crippen LogP contribution in [0, 0.1) is 27.7 Å². The lowest BCUT2D eigenvalue weighted by molar-refractivity contribution is -0.116. The smallest absolute Gasteiger partial charge is 0.244 e. The first kappa shape index (κ1) is 22.7. The summed E-state index contributed by atoms with van der Waals surface area (Å²) >= 11 is 0. The van der Waals surface area contributed by atoms with Gasteiger partial charge in [0.2, 0.25) is 15.9 Å². The van der Waals surface area contributed by atoms with Gasteiger partial charge in [-0.05, 0) is 61.6 Å². The molecule has 0 aliphatic heterocycles. The quantitative estimate of drug-likeness (QED) is 0.581. The number of hydrogen-bond donors (Lipinski definition) is 1. The number of nitrogens with zero attached hydrogens (tertiary/aromatic N) is 1. The number of anilines is 1. The largest absolute Gasteiger partial charge is 0.324 e. The minimum Gasteiger partial charge on any atom is -0.324 e. The van der Waals surface area contributed by atoms with Crippen molar-refractivity contribution in [3.05, 3.63) is 94.5 Å². The van der Waals surface area contributed by atoms with E-state index in [1.807, 2.05) is 75.4 Å². The maximum Gasteiger partial charge on any atom is 0.244 e. The van der Waals surface area contributed by atoms with Crippen LogP contribution >= 0.6 is 0 Å². The van der Waals surface area contributed by atoms with Crippen LogP contribution in [-0.2, 0) is 21.4 Å². The fourth-order valence-corrected chi connectivity index (χ4v) is 5.18. The van der Waals surface area contributed by atoms with Crippen molar-refractivity contribution in [2.75, 3.05) is 11.9 Å². The zero-order chi connectivity index (χ0) is 22.6. The van der Waals surface area contributed by atoms with E-state index in [1.165, 1.54) is 4.31 Å². The molecule has 0 unspecified atom stereocenters. The minimum atomic E-state index is -3.89. The third kappa shape index (κ3) is 5.40. The zero-order valence-electron chi connectivity index (χ0n) is 18.3. The Hall–Kier alpha value is -2.96. The van der Waals surface area contributed by atoms with E-state index in [0.717, 1.165) is 27.9 Å². The van der Waals surface area contributed by atoms with Crippen LogP contribution in [0.2, 0.25) is 0 Å². The normalized spacial score (nSPS) is 11.5. The Morgan fingerprint density at radius 1 is 0.839 bits per heavy atom. The minimum absolute atomic E-state index is 0.108. The molecule has 0 saturated carbocycles. The third-order valence-electron chi connectivity index (χ3n) is 5.23. The molecule has 162 valence electrons. The number of hydrogen-bond acceptors (Lipinski definition) is 3. The van der Waals surface area contributed by atoms with Gasteiger partial charge in [-0.3, -0.25) is 4.79 Å². The average Bonchev–Trinajstić information content (AvgIpc) is 2.73. The summed E-state index contributed by atoms with van der Waals surface area (Å²) in [7, 11) is -3.89. The Balaban J connectivity index is 1.94. The number of carbonyl (C=O) groups excluding carboxylic acids is 1. The molecule has 3 aromatic carbocycles. The molecular weight excluding hydrogens is 408 g/mol. The number of aryl methyl sites for hydroxylation is 4. The Kier molecular flexibility index (Phi) is 6.93. The fraction of sp³-hybridized carbons (Fsp3) is 0.240. The van der Waals surface area contributed by atoms with Crippen molar-refractivity contribution >= 4 is 21.6 Å². The molecule has 6 heteroatoms. The van der Waals surface area contributed by atoms with Gasteiger partial charge in [-0.1, -0.05) is 60.7 Å². The molecule has 0 radical (unpaired) electrons. The van der Waals surface area contributed by atoms with Crippen molar-refractivity contribution in [3.63, 3.8) is 0 Å². The van der Waals surface area contributed by atoms with Gasteiger partial charge >= 0.3 is 0 Å². The molecule has 0 heterocycles. The summed E-state index contributed by atoms with van der Waals surface area (Å²) in [6, 6.07) is 20.4. The van der Waals surface area contributed by atoms with Gasteiger partial charge in [0, 0.05) is 12.2 Å². The van der Waals surface area contributed by atoms with Crippen LogP contribution in [0.25, 0.3) is 0 Å². The zero-order valence-corrected chi connectivity index (χ0v) is 19.2. The molecule has 3 aromatic rings. The van der Waals surface area contributed by atoms with Gasteiger partial charge < -0.3 is 5.32 Å². The maximum atomic E-state index is 13.6. The molecule has 0 fully saturated rings. The lowest BCUT2D eigenvalue weighted by Gasteiger charge is -2.23. The molecular formula is C25H28N2O3S. The van der Waals surface area contributed by atoms with Crippen LogP contribution in [0.15, 0.2) is 71.6 Å². The molecule has 3 rings (SSSR count). The van der Waals surface area contributed by atoms with Crippen molar-refractivity contribution in [3.8, 4) is 0 Å². The SMILES string of the molecule is Cc1ccc(C)c(S(=O)(=O)N(CC(=O)Nc2c(C)cccc2C)Cc2ccccc2)c1. The van der Waals surface area contributed by atoms with Gasteiger partial charge in [-0.2, -0.15) is 4.31 Å². The van der Waals surface area contributed by atoms with Gasteiger partial charge in [0.15, 0.2) is 0 Å². The van der Waals surface area contributed by atoms with Crippen LogP contribution in [0.3, 0.4) is 0 Å². The fourth-order valence-electron chi connectivity index (χ4n) is 3.49. The number of amides is 1. The molecule has 5 nitrogen and oxygen atoms in total. The van der Waals surface area contributed by atoms with Gasteiger partial charge in [0.25, 0.3) is 0 Å². The second-order valence-electron chi connectivity index (χ2n) is 7.84. The van der Waals surface area contributed by atoms with Crippen molar-refractivity contribution in [2.24, 2.45) is 0 Å². The first-order valence-corrected chi connectivity index (χ1v) is 11.6. The van der Waals surface area contributed by atoms with Crippen molar-refractivity contribution in [1.29, 1.82) is 0 Å². The highest BCUT2D eigenvalue weighted by molar-refractivity contribution is 7.89. The Bertz CT molecular complexity index is 1170. The summed E-state index contributed by atoms with van der Waals surface area (Å²) in [6.45, 7) is 7.28. The number of nitrogens with one attached hydrogen (secondary N) is 1. The van der Waals surface area contributed by atoms with E-state index < -0.39 is 10.0 Å². The number of para-hydroxylation sites is 1. The molecule has 0 spiro atoms. The van der Waals surface area contributed by atoms with Crippen molar-refractivity contribution < 1.29 is 13.2 Å². The summed E-state index contributed by atoms with van der Waals surface area (Å²) in [5.74, 6) is -0.373. The molecule has 1 amide bonds. The first-order valence-electron chi connectivity index (χ1n) is 10.2. The standard InChI is InChI=1S/C25H28N2O3S/c1-18-13-14-19(2)23(15-18)31(29,30)27(16-22-11-6-5-7-12-22)17-24(28)26-25-20(3)9-8-10-21(25)4/h5-15H,16-17H2,1-4H3,(H,26,28). The molecule has 31 heavy (non-hydrogen) atoms. The Morgan fingerprint density at radius 3 is 2.13 bits per heavy atom. The van der Waals surface area contributed by atoms with Crippen LogP contribution in [0.4, 0.5) is 5.69 Å². The average molecular weight is 437 g/mol. The van der Waals surface area contributed by atoms with Gasteiger partial charge in [0.1, 0.15) is 0 Å². The van der Waals surface area contributed by atoms with Crippen LogP contribution in [0.1, 0.15) is 27.8 Å². The van der Waals surface area contributed by atoms with Gasteiger partial charge in [0.05, 0.1) is 11.4 Å². The maximum absolute atomic E-state index is 13.6. The molecule has 0 aliphatic rings.